The topological polar surface area (TPSA) is 61.5 Å². The van der Waals surface area contributed by atoms with E-state index in [9.17, 15) is 4.57 Å². The highest BCUT2D eigenvalue weighted by atomic mass is 35.5. The Labute approximate surface area is 113 Å². The molecule has 0 amide bonds. The molecule has 0 fully saturated rings. The van der Waals surface area contributed by atoms with Crippen LogP contribution in [0.5, 0.6) is 0 Å². The van der Waals surface area contributed by atoms with Gasteiger partial charge in [-0.1, -0.05) is 23.7 Å². The quantitative estimate of drug-likeness (QED) is 0.811. The summed E-state index contributed by atoms with van der Waals surface area (Å²) >= 11 is 5.83. The zero-order chi connectivity index (χ0) is 13.8. The maximum atomic E-state index is 12.7. The van der Waals surface area contributed by atoms with Crippen molar-refractivity contribution in [2.45, 2.75) is 26.1 Å². The summed E-state index contributed by atoms with van der Waals surface area (Å²) in [5.74, 6) is 0. The monoisotopic (exact) mass is 291 g/mol. The number of benzene rings is 1. The molecule has 0 heterocycles. The highest BCUT2D eigenvalue weighted by Gasteiger charge is 2.45. The molecule has 0 saturated carbocycles. The van der Waals surface area contributed by atoms with E-state index in [0.717, 1.165) is 0 Å². The van der Waals surface area contributed by atoms with Gasteiger partial charge in [-0.25, -0.2) is 0 Å². The predicted molar refractivity (Wildman–Crippen MR) is 73.8 cm³/mol. The van der Waals surface area contributed by atoms with Gasteiger partial charge in [-0.2, -0.15) is 0 Å². The Balaban J connectivity index is 3.15. The van der Waals surface area contributed by atoms with Crippen molar-refractivity contribution < 1.29 is 13.6 Å². The molecule has 0 aliphatic carbocycles. The lowest BCUT2D eigenvalue weighted by Crippen LogP contribution is -2.34. The lowest BCUT2D eigenvalue weighted by atomic mass is 10.1. The van der Waals surface area contributed by atoms with Gasteiger partial charge < -0.3 is 14.8 Å². The SMILES string of the molecule is CCOP(=O)(OCC)C(C)(N)c1ccc(Cl)cc1. The Morgan fingerprint density at radius 3 is 2.06 bits per heavy atom. The molecule has 0 spiro atoms. The summed E-state index contributed by atoms with van der Waals surface area (Å²) in [4.78, 5) is 0. The molecule has 0 bridgehead atoms. The third-order valence-electron chi connectivity index (χ3n) is 2.60. The molecule has 18 heavy (non-hydrogen) atoms. The molecule has 1 atom stereocenters. The number of rotatable bonds is 6. The van der Waals surface area contributed by atoms with Gasteiger partial charge in [0.05, 0.1) is 13.2 Å². The molecule has 0 saturated heterocycles. The Bertz CT molecular complexity index is 423. The summed E-state index contributed by atoms with van der Waals surface area (Å²) in [5.41, 5.74) is 6.85. The fourth-order valence-corrected chi connectivity index (χ4v) is 3.47. The summed E-state index contributed by atoms with van der Waals surface area (Å²) in [7, 11) is -3.42. The summed E-state index contributed by atoms with van der Waals surface area (Å²) in [6.45, 7) is 5.70. The first-order valence-corrected chi connectivity index (χ1v) is 7.73. The van der Waals surface area contributed by atoms with E-state index in [4.69, 9.17) is 26.4 Å². The molecule has 1 aromatic carbocycles. The number of nitrogens with two attached hydrogens (primary N) is 1. The van der Waals surface area contributed by atoms with Crippen molar-refractivity contribution in [3.05, 3.63) is 34.9 Å². The molecule has 0 aromatic heterocycles. The largest absolute Gasteiger partial charge is 0.354 e. The Morgan fingerprint density at radius 1 is 1.22 bits per heavy atom. The minimum atomic E-state index is -3.42. The molecular weight excluding hydrogens is 273 g/mol. The number of hydrogen-bond donors (Lipinski definition) is 1. The smallest absolute Gasteiger partial charge is 0.312 e. The van der Waals surface area contributed by atoms with Crippen molar-refractivity contribution in [1.29, 1.82) is 0 Å². The van der Waals surface area contributed by atoms with Gasteiger partial charge in [-0.3, -0.25) is 4.57 Å². The molecule has 2 N–H and O–H groups in total. The second-order valence-corrected chi connectivity index (χ2v) is 6.86. The van der Waals surface area contributed by atoms with Crippen molar-refractivity contribution in [3.8, 4) is 0 Å². The van der Waals surface area contributed by atoms with Crippen molar-refractivity contribution in [3.63, 3.8) is 0 Å². The van der Waals surface area contributed by atoms with E-state index < -0.39 is 12.9 Å². The Kier molecular flexibility index (Phi) is 5.38. The highest BCUT2D eigenvalue weighted by Crippen LogP contribution is 2.61. The van der Waals surface area contributed by atoms with Crippen LogP contribution in [-0.4, -0.2) is 13.2 Å². The van der Waals surface area contributed by atoms with Gasteiger partial charge in [0.25, 0.3) is 0 Å². The van der Waals surface area contributed by atoms with Crippen molar-refractivity contribution >= 4 is 19.2 Å². The van der Waals surface area contributed by atoms with Crippen LogP contribution in [0.4, 0.5) is 0 Å². The third-order valence-corrected chi connectivity index (χ3v) is 5.44. The molecule has 0 aliphatic heterocycles. The molecule has 102 valence electrons. The lowest BCUT2D eigenvalue weighted by molar-refractivity contribution is 0.199. The maximum Gasteiger partial charge on any atom is 0.354 e. The maximum absolute atomic E-state index is 12.7. The Hall–Kier alpha value is -0.380. The van der Waals surface area contributed by atoms with E-state index in [1.54, 1.807) is 45.0 Å². The first-order chi connectivity index (χ1) is 8.37. The second-order valence-electron chi connectivity index (χ2n) is 3.99. The number of hydrogen-bond acceptors (Lipinski definition) is 4. The van der Waals surface area contributed by atoms with Gasteiger partial charge in [0.2, 0.25) is 0 Å². The first kappa shape index (κ1) is 15.7. The second kappa shape index (κ2) is 6.18. The summed E-state index contributed by atoms with van der Waals surface area (Å²) < 4.78 is 23.3. The molecule has 1 aromatic rings. The van der Waals surface area contributed by atoms with Crippen molar-refractivity contribution in [1.82, 2.24) is 0 Å². The van der Waals surface area contributed by atoms with E-state index in [2.05, 4.69) is 0 Å². The van der Waals surface area contributed by atoms with Crippen LogP contribution in [0.1, 0.15) is 26.3 Å². The van der Waals surface area contributed by atoms with Crippen LogP contribution in [0.25, 0.3) is 0 Å². The molecule has 1 unspecified atom stereocenters. The minimum Gasteiger partial charge on any atom is -0.312 e. The highest BCUT2D eigenvalue weighted by molar-refractivity contribution is 7.55. The predicted octanol–water partition coefficient (Wildman–Crippen LogP) is 3.74. The van der Waals surface area contributed by atoms with Gasteiger partial charge in [0, 0.05) is 5.02 Å². The zero-order valence-corrected chi connectivity index (χ0v) is 12.5. The average Bonchev–Trinajstić information content (AvgIpc) is 2.30. The van der Waals surface area contributed by atoms with Crippen molar-refractivity contribution in [2.75, 3.05) is 13.2 Å². The van der Waals surface area contributed by atoms with Crippen LogP contribution >= 0.6 is 19.2 Å². The van der Waals surface area contributed by atoms with E-state index >= 15 is 0 Å². The van der Waals surface area contributed by atoms with Crippen LogP contribution in [0, 0.1) is 0 Å². The third kappa shape index (κ3) is 3.14. The van der Waals surface area contributed by atoms with Gasteiger partial charge in [-0.15, -0.1) is 0 Å². The van der Waals surface area contributed by atoms with Gasteiger partial charge in [0.1, 0.15) is 5.28 Å². The Morgan fingerprint density at radius 2 is 1.67 bits per heavy atom. The van der Waals surface area contributed by atoms with Crippen molar-refractivity contribution in [2.24, 2.45) is 5.73 Å². The normalized spacial score (nSPS) is 15.4. The van der Waals surface area contributed by atoms with E-state index in [1.165, 1.54) is 0 Å². The van der Waals surface area contributed by atoms with E-state index in [1.807, 2.05) is 0 Å². The van der Waals surface area contributed by atoms with Crippen LogP contribution in [0.2, 0.25) is 5.02 Å². The standard InChI is InChI=1S/C12H19ClNO3P/c1-4-16-18(15,17-5-2)12(3,14)10-6-8-11(13)9-7-10/h6-9H,4-5,14H2,1-3H3. The van der Waals surface area contributed by atoms with E-state index in [0.29, 0.717) is 10.6 Å². The molecule has 0 radical (unpaired) electrons. The number of halogens is 1. The van der Waals surface area contributed by atoms with E-state index in [-0.39, 0.29) is 13.2 Å². The van der Waals surface area contributed by atoms with Gasteiger partial charge >= 0.3 is 7.60 Å². The van der Waals surface area contributed by atoms with Crippen LogP contribution in [0.3, 0.4) is 0 Å². The molecule has 4 nitrogen and oxygen atoms in total. The lowest BCUT2D eigenvalue weighted by Gasteiger charge is -2.32. The first-order valence-electron chi connectivity index (χ1n) is 5.81. The van der Waals surface area contributed by atoms with Gasteiger partial charge in [-0.05, 0) is 38.5 Å². The summed E-state index contributed by atoms with van der Waals surface area (Å²) in [6, 6.07) is 6.86. The fourth-order valence-electron chi connectivity index (χ4n) is 1.59. The van der Waals surface area contributed by atoms with Crippen LogP contribution < -0.4 is 5.73 Å². The fraction of sp³-hybridized carbons (Fsp3) is 0.500. The average molecular weight is 292 g/mol. The molecule has 1 rings (SSSR count). The van der Waals surface area contributed by atoms with Crippen LogP contribution in [-0.2, 0) is 18.9 Å². The summed E-state index contributed by atoms with van der Waals surface area (Å²) in [5, 5.41) is -0.610. The van der Waals surface area contributed by atoms with Crippen LogP contribution in [0.15, 0.2) is 24.3 Å². The minimum absolute atomic E-state index is 0.275. The zero-order valence-electron chi connectivity index (χ0n) is 10.9. The molecule has 6 heteroatoms. The molecular formula is C12H19ClNO3P. The molecule has 0 aliphatic rings. The van der Waals surface area contributed by atoms with Gasteiger partial charge in [0.15, 0.2) is 0 Å². The summed E-state index contributed by atoms with van der Waals surface area (Å²) in [6.07, 6.45) is 0.